The van der Waals surface area contributed by atoms with Crippen molar-refractivity contribution < 1.29 is 8.42 Å². The third kappa shape index (κ3) is 4.81. The van der Waals surface area contributed by atoms with E-state index in [1.165, 1.54) is 12.1 Å². The first kappa shape index (κ1) is 16.4. The molecule has 1 rings (SSSR count). The molecule has 0 aliphatic rings. The third-order valence-corrected chi connectivity index (χ3v) is 5.71. The minimum atomic E-state index is -3.48. The lowest BCUT2D eigenvalue weighted by Crippen LogP contribution is -2.29. The number of alkyl halides is 1. The SMILES string of the molecule is CCCC(Br)CNS(=O)(=O)c1ccc(Cl)c(Br)c1. The molecule has 0 saturated heterocycles. The van der Waals surface area contributed by atoms with E-state index in [9.17, 15) is 8.42 Å². The summed E-state index contributed by atoms with van der Waals surface area (Å²) >= 11 is 12.5. The van der Waals surface area contributed by atoms with E-state index in [2.05, 4.69) is 43.5 Å². The van der Waals surface area contributed by atoms with Gasteiger partial charge in [0.1, 0.15) is 0 Å². The Bertz CT molecular complexity index is 508. The Balaban J connectivity index is 2.77. The summed E-state index contributed by atoms with van der Waals surface area (Å²) in [6.45, 7) is 2.43. The van der Waals surface area contributed by atoms with Crippen LogP contribution in [-0.2, 0) is 10.0 Å². The molecular formula is C11H14Br2ClNO2S. The van der Waals surface area contributed by atoms with E-state index in [1.807, 2.05) is 0 Å². The Morgan fingerprint density at radius 1 is 1.44 bits per heavy atom. The third-order valence-electron chi connectivity index (χ3n) is 2.30. The summed E-state index contributed by atoms with van der Waals surface area (Å²) in [6.07, 6.45) is 1.93. The number of nitrogens with one attached hydrogen (secondary N) is 1. The van der Waals surface area contributed by atoms with Crippen LogP contribution < -0.4 is 4.72 Å². The lowest BCUT2D eigenvalue weighted by molar-refractivity contribution is 0.578. The number of benzene rings is 1. The first-order chi connectivity index (χ1) is 8.36. The predicted octanol–water partition coefficient (Wildman–Crippen LogP) is 3.94. The Hall–Kier alpha value is 0.380. The Morgan fingerprint density at radius 2 is 2.11 bits per heavy atom. The summed E-state index contributed by atoms with van der Waals surface area (Å²) in [5.41, 5.74) is 0. The average Bonchev–Trinajstić information content (AvgIpc) is 2.30. The fourth-order valence-electron chi connectivity index (χ4n) is 1.34. The van der Waals surface area contributed by atoms with Crippen LogP contribution in [-0.4, -0.2) is 19.8 Å². The molecular weight excluding hydrogens is 405 g/mol. The summed E-state index contributed by atoms with van der Waals surface area (Å²) in [5.74, 6) is 0. The van der Waals surface area contributed by atoms with Gasteiger partial charge in [0.2, 0.25) is 10.0 Å². The van der Waals surface area contributed by atoms with Crippen LogP contribution in [0.15, 0.2) is 27.6 Å². The first-order valence-corrected chi connectivity index (χ1v) is 9.02. The van der Waals surface area contributed by atoms with Gasteiger partial charge in [-0.3, -0.25) is 0 Å². The van der Waals surface area contributed by atoms with Crippen LogP contribution in [0, 0.1) is 0 Å². The fraction of sp³-hybridized carbons (Fsp3) is 0.455. The zero-order chi connectivity index (χ0) is 13.8. The summed E-state index contributed by atoms with van der Waals surface area (Å²) in [4.78, 5) is 0.350. The lowest BCUT2D eigenvalue weighted by atomic mass is 10.2. The van der Waals surface area contributed by atoms with Gasteiger partial charge in [-0.15, -0.1) is 0 Å². The molecule has 0 aliphatic carbocycles. The van der Waals surface area contributed by atoms with Gasteiger partial charge < -0.3 is 0 Å². The molecule has 1 N–H and O–H groups in total. The minimum Gasteiger partial charge on any atom is -0.210 e. The van der Waals surface area contributed by atoms with Crippen molar-refractivity contribution in [2.45, 2.75) is 29.5 Å². The quantitative estimate of drug-likeness (QED) is 0.710. The van der Waals surface area contributed by atoms with Crippen molar-refractivity contribution in [3.8, 4) is 0 Å². The number of rotatable bonds is 6. The van der Waals surface area contributed by atoms with Crippen LogP contribution >= 0.6 is 43.5 Å². The molecule has 0 bridgehead atoms. The molecule has 1 aromatic carbocycles. The van der Waals surface area contributed by atoms with Crippen LogP contribution in [0.3, 0.4) is 0 Å². The van der Waals surface area contributed by atoms with Crippen LogP contribution in [0.25, 0.3) is 0 Å². The second kappa shape index (κ2) is 7.24. The Kier molecular flexibility index (Phi) is 6.61. The van der Waals surface area contributed by atoms with Crippen molar-refractivity contribution >= 4 is 53.5 Å². The second-order valence-electron chi connectivity index (χ2n) is 3.81. The maximum absolute atomic E-state index is 12.0. The van der Waals surface area contributed by atoms with Gasteiger partial charge in [0.05, 0.1) is 9.92 Å². The molecule has 1 aromatic rings. The smallest absolute Gasteiger partial charge is 0.210 e. The molecule has 0 spiro atoms. The minimum absolute atomic E-state index is 0.146. The lowest BCUT2D eigenvalue weighted by Gasteiger charge is -2.11. The van der Waals surface area contributed by atoms with Crippen LogP contribution in [0.5, 0.6) is 0 Å². The highest BCUT2D eigenvalue weighted by atomic mass is 79.9. The molecule has 7 heteroatoms. The molecule has 1 atom stereocenters. The largest absolute Gasteiger partial charge is 0.240 e. The van der Waals surface area contributed by atoms with Crippen molar-refractivity contribution in [3.63, 3.8) is 0 Å². The Labute approximate surface area is 130 Å². The standard InChI is InChI=1S/C11H14Br2ClNO2S/c1-2-3-8(12)7-15-18(16,17)9-4-5-11(14)10(13)6-9/h4-6,8,15H,2-3,7H2,1H3. The van der Waals surface area contributed by atoms with Gasteiger partial charge in [-0.2, -0.15) is 0 Å². The molecule has 0 radical (unpaired) electrons. The zero-order valence-electron chi connectivity index (χ0n) is 9.79. The van der Waals surface area contributed by atoms with Gasteiger partial charge in [-0.1, -0.05) is 40.9 Å². The zero-order valence-corrected chi connectivity index (χ0v) is 14.5. The van der Waals surface area contributed by atoms with Crippen molar-refractivity contribution in [3.05, 3.63) is 27.7 Å². The van der Waals surface area contributed by atoms with Gasteiger partial charge in [-0.05, 0) is 40.5 Å². The molecule has 0 aromatic heterocycles. The Morgan fingerprint density at radius 3 is 2.67 bits per heavy atom. The molecule has 3 nitrogen and oxygen atoms in total. The number of sulfonamides is 1. The number of hydrogen-bond acceptors (Lipinski definition) is 2. The van der Waals surface area contributed by atoms with Crippen LogP contribution in [0.2, 0.25) is 5.02 Å². The fourth-order valence-corrected chi connectivity index (χ4v) is 3.93. The topological polar surface area (TPSA) is 46.2 Å². The highest BCUT2D eigenvalue weighted by molar-refractivity contribution is 9.10. The van der Waals surface area contributed by atoms with E-state index < -0.39 is 10.0 Å². The maximum atomic E-state index is 12.0. The van der Waals surface area contributed by atoms with Gasteiger partial charge in [0, 0.05) is 15.8 Å². The van der Waals surface area contributed by atoms with Crippen LogP contribution in [0.1, 0.15) is 19.8 Å². The second-order valence-corrected chi connectivity index (χ2v) is 8.14. The molecule has 18 heavy (non-hydrogen) atoms. The van der Waals surface area contributed by atoms with Gasteiger partial charge in [0.25, 0.3) is 0 Å². The van der Waals surface area contributed by atoms with Crippen LogP contribution in [0.4, 0.5) is 0 Å². The summed E-state index contributed by atoms with van der Waals surface area (Å²) < 4.78 is 27.2. The number of halogens is 3. The number of hydrogen-bond donors (Lipinski definition) is 1. The van der Waals surface area contributed by atoms with E-state index in [4.69, 9.17) is 11.6 Å². The van der Waals surface area contributed by atoms with Crippen molar-refractivity contribution in [2.75, 3.05) is 6.54 Å². The van der Waals surface area contributed by atoms with Crippen molar-refractivity contribution in [2.24, 2.45) is 0 Å². The average molecular weight is 420 g/mol. The van der Waals surface area contributed by atoms with E-state index in [0.717, 1.165) is 12.8 Å². The highest BCUT2D eigenvalue weighted by Gasteiger charge is 2.16. The van der Waals surface area contributed by atoms with Gasteiger partial charge >= 0.3 is 0 Å². The summed E-state index contributed by atoms with van der Waals surface area (Å²) in [5, 5.41) is 0.485. The van der Waals surface area contributed by atoms with Gasteiger partial charge in [-0.25, -0.2) is 13.1 Å². The van der Waals surface area contributed by atoms with Crippen molar-refractivity contribution in [1.29, 1.82) is 0 Å². The molecule has 102 valence electrons. The molecule has 0 saturated carbocycles. The monoisotopic (exact) mass is 417 g/mol. The normalized spacial score (nSPS) is 13.6. The summed E-state index contributed by atoms with van der Waals surface area (Å²) in [6, 6.07) is 4.53. The van der Waals surface area contributed by atoms with E-state index in [-0.39, 0.29) is 9.72 Å². The van der Waals surface area contributed by atoms with Gasteiger partial charge in [0.15, 0.2) is 0 Å². The molecule has 0 aliphatic heterocycles. The first-order valence-electron chi connectivity index (χ1n) is 5.45. The van der Waals surface area contributed by atoms with E-state index in [1.54, 1.807) is 6.07 Å². The predicted molar refractivity (Wildman–Crippen MR) is 82.0 cm³/mol. The molecule has 0 fully saturated rings. The molecule has 0 heterocycles. The maximum Gasteiger partial charge on any atom is 0.240 e. The van der Waals surface area contributed by atoms with Crippen molar-refractivity contribution in [1.82, 2.24) is 4.72 Å². The highest BCUT2D eigenvalue weighted by Crippen LogP contribution is 2.25. The molecule has 0 amide bonds. The molecule has 1 unspecified atom stereocenters. The van der Waals surface area contributed by atoms with E-state index in [0.29, 0.717) is 16.0 Å². The summed E-state index contributed by atoms with van der Waals surface area (Å²) in [7, 11) is -3.48. The van der Waals surface area contributed by atoms with E-state index >= 15 is 0 Å².